The van der Waals surface area contributed by atoms with Crippen LogP contribution in [-0.4, -0.2) is 101 Å². The number of piperidine rings is 1. The number of aromatic nitrogens is 1. The topological polar surface area (TPSA) is 124 Å². The maximum atomic E-state index is 14.6. The van der Waals surface area contributed by atoms with E-state index >= 15 is 0 Å². The molecule has 0 saturated carbocycles. The van der Waals surface area contributed by atoms with Crippen LogP contribution >= 0.6 is 11.3 Å². The largest absolute Gasteiger partial charge is 0.497 e. The Labute approximate surface area is 284 Å². The van der Waals surface area contributed by atoms with E-state index in [-0.39, 0.29) is 55.0 Å². The number of hydrogen-bond acceptors (Lipinski definition) is 8. The number of rotatable bonds is 5. The van der Waals surface area contributed by atoms with Gasteiger partial charge in [0.15, 0.2) is 0 Å². The molecule has 0 spiro atoms. The van der Waals surface area contributed by atoms with Gasteiger partial charge in [-0.1, -0.05) is 30.3 Å². The van der Waals surface area contributed by atoms with Crippen molar-refractivity contribution in [3.8, 4) is 5.75 Å². The van der Waals surface area contributed by atoms with Crippen molar-refractivity contribution in [2.24, 2.45) is 0 Å². The summed E-state index contributed by atoms with van der Waals surface area (Å²) >= 11 is 1.64. The summed E-state index contributed by atoms with van der Waals surface area (Å²) in [6.45, 7) is 4.28. The third kappa shape index (κ3) is 6.55. The fraction of sp³-hybridized carbons (Fsp3) is 0.472. The molecular weight excluding hydrogens is 628 g/mol. The molecule has 252 valence electrons. The van der Waals surface area contributed by atoms with Crippen molar-refractivity contribution in [2.45, 2.75) is 75.7 Å². The highest BCUT2D eigenvalue weighted by molar-refractivity contribution is 7.11. The first kappa shape index (κ1) is 32.3. The highest BCUT2D eigenvalue weighted by Gasteiger charge is 2.48. The van der Waals surface area contributed by atoms with E-state index in [1.807, 2.05) is 42.2 Å². The van der Waals surface area contributed by atoms with Crippen molar-refractivity contribution in [3.05, 3.63) is 81.3 Å². The fourth-order valence-electron chi connectivity index (χ4n) is 7.62. The van der Waals surface area contributed by atoms with E-state index in [0.717, 1.165) is 39.7 Å². The van der Waals surface area contributed by atoms with Crippen molar-refractivity contribution in [2.75, 3.05) is 33.3 Å². The Balaban J connectivity index is 1.19. The first-order valence-electron chi connectivity index (χ1n) is 16.8. The van der Waals surface area contributed by atoms with Crippen LogP contribution in [0.3, 0.4) is 0 Å². The van der Waals surface area contributed by atoms with E-state index < -0.39 is 18.1 Å². The number of carbonyl (C=O) groups is 4. The third-order valence-corrected chi connectivity index (χ3v) is 11.4. The van der Waals surface area contributed by atoms with Crippen LogP contribution in [0.5, 0.6) is 5.75 Å². The second-order valence-corrected chi connectivity index (χ2v) is 14.6. The number of nitrogens with zero attached hydrogens (tertiary/aromatic N) is 4. The molecule has 5 aliphatic heterocycles. The molecule has 4 atom stereocenters. The zero-order valence-corrected chi connectivity index (χ0v) is 28.2. The fourth-order valence-corrected chi connectivity index (χ4v) is 8.73. The molecule has 48 heavy (non-hydrogen) atoms. The van der Waals surface area contributed by atoms with Gasteiger partial charge in [-0.2, -0.15) is 0 Å². The maximum absolute atomic E-state index is 14.6. The summed E-state index contributed by atoms with van der Waals surface area (Å²) in [5.41, 5.74) is 2.29. The number of nitrogens with one attached hydrogen (secondary N) is 2. The number of methoxy groups -OCH3 is 1. The van der Waals surface area contributed by atoms with E-state index in [1.165, 1.54) is 0 Å². The summed E-state index contributed by atoms with van der Waals surface area (Å²) in [5, 5.41) is 7.71. The van der Waals surface area contributed by atoms with Crippen molar-refractivity contribution < 1.29 is 23.9 Å². The zero-order valence-electron chi connectivity index (χ0n) is 27.4. The molecular formula is C36H42N6O5S. The molecule has 12 heteroatoms. The van der Waals surface area contributed by atoms with Crippen LogP contribution in [0.4, 0.5) is 0 Å². The minimum Gasteiger partial charge on any atom is -0.497 e. The van der Waals surface area contributed by atoms with Crippen LogP contribution in [-0.2, 0) is 27.3 Å². The summed E-state index contributed by atoms with van der Waals surface area (Å²) < 4.78 is 5.39. The van der Waals surface area contributed by atoms with E-state index in [9.17, 15) is 19.2 Å². The van der Waals surface area contributed by atoms with Crippen LogP contribution in [0.1, 0.15) is 63.1 Å². The second-order valence-electron chi connectivity index (χ2n) is 13.3. The van der Waals surface area contributed by atoms with Crippen LogP contribution in [0.15, 0.2) is 54.6 Å². The van der Waals surface area contributed by atoms with Gasteiger partial charge in [-0.3, -0.25) is 19.2 Å². The Kier molecular flexibility index (Phi) is 9.19. The molecule has 5 aliphatic rings. The molecule has 6 heterocycles. The molecule has 2 N–H and O–H groups in total. The van der Waals surface area contributed by atoms with Gasteiger partial charge < -0.3 is 30.1 Å². The molecule has 6 bridgehead atoms. The van der Waals surface area contributed by atoms with Gasteiger partial charge in [-0.15, -0.1) is 11.3 Å². The van der Waals surface area contributed by atoms with Gasteiger partial charge >= 0.3 is 0 Å². The monoisotopic (exact) mass is 670 g/mol. The number of ether oxygens (including phenoxy) is 1. The Bertz CT molecular complexity index is 1690. The average molecular weight is 671 g/mol. The summed E-state index contributed by atoms with van der Waals surface area (Å²) in [6.07, 6.45) is 2.47. The van der Waals surface area contributed by atoms with Gasteiger partial charge in [0.25, 0.3) is 5.91 Å². The van der Waals surface area contributed by atoms with Crippen molar-refractivity contribution in [1.82, 2.24) is 30.3 Å². The summed E-state index contributed by atoms with van der Waals surface area (Å²) in [5.74, 6) is 0.268. The SMILES string of the molecule is COc1cccc(CN[C@H]2C[C@H]3C(=O)N4CCC(CC4)c4nc(c(C)s4)CC(=O)N[C@@H]4C[C@@H](C(=O)N3C2)N(C(=O)c2ccccc2)C4)c1. The van der Waals surface area contributed by atoms with Gasteiger partial charge in [0, 0.05) is 61.2 Å². The minimum atomic E-state index is -0.815. The van der Waals surface area contributed by atoms with E-state index in [1.54, 1.807) is 52.5 Å². The molecule has 3 saturated heterocycles. The minimum absolute atomic E-state index is 0.0448. The van der Waals surface area contributed by atoms with Crippen molar-refractivity contribution in [3.63, 3.8) is 0 Å². The first-order chi connectivity index (χ1) is 23.3. The molecule has 0 radical (unpaired) electrons. The summed E-state index contributed by atoms with van der Waals surface area (Å²) in [4.78, 5) is 67.3. The normalized spacial score (nSPS) is 26.0. The number of amides is 4. The smallest absolute Gasteiger partial charge is 0.254 e. The Morgan fingerprint density at radius 3 is 2.56 bits per heavy atom. The number of thiazole rings is 1. The van der Waals surface area contributed by atoms with Crippen LogP contribution in [0.2, 0.25) is 0 Å². The van der Waals surface area contributed by atoms with Crippen molar-refractivity contribution >= 4 is 35.0 Å². The summed E-state index contributed by atoms with van der Waals surface area (Å²) in [7, 11) is 1.64. The Morgan fingerprint density at radius 1 is 1.00 bits per heavy atom. The van der Waals surface area contributed by atoms with Crippen molar-refractivity contribution in [1.29, 1.82) is 0 Å². The predicted molar refractivity (Wildman–Crippen MR) is 181 cm³/mol. The van der Waals surface area contributed by atoms with Gasteiger partial charge in [0.1, 0.15) is 17.8 Å². The lowest BCUT2D eigenvalue weighted by Crippen LogP contribution is -2.54. The molecule has 2 aromatic carbocycles. The highest BCUT2D eigenvalue weighted by atomic mass is 32.1. The number of fused-ring (bicyclic) bond motifs is 4. The highest BCUT2D eigenvalue weighted by Crippen LogP contribution is 2.35. The molecule has 4 amide bonds. The van der Waals surface area contributed by atoms with Gasteiger partial charge in [-0.25, -0.2) is 4.98 Å². The number of carbonyl (C=O) groups excluding carboxylic acids is 4. The molecule has 8 rings (SSSR count). The summed E-state index contributed by atoms with van der Waals surface area (Å²) in [6, 6.07) is 14.7. The quantitative estimate of drug-likeness (QED) is 0.428. The van der Waals surface area contributed by atoms with Crippen LogP contribution in [0, 0.1) is 6.92 Å². The molecule has 1 aromatic heterocycles. The second kappa shape index (κ2) is 13.7. The molecule has 11 nitrogen and oxygen atoms in total. The van der Waals surface area contributed by atoms with E-state index in [2.05, 4.69) is 10.6 Å². The van der Waals surface area contributed by atoms with Gasteiger partial charge in [-0.05, 0) is 62.4 Å². The molecule has 3 aromatic rings. The standard InChI is InChI=1S/C36H42N6O5S/c1-22-29-18-32(43)38-27-17-31(41(21-27)34(44)25-8-4-3-5-9-25)36(46)42-20-26(37-19-23-7-6-10-28(15-23)47-2)16-30(42)35(45)40-13-11-24(12-14-40)33(39-29)48-22/h3-10,15,24,26-27,30-31,37H,11-14,16-21H2,1-2H3,(H,38,43)/t26-,27+,30-,31-/m0/s1. The lowest BCUT2D eigenvalue weighted by Gasteiger charge is -2.36. The molecule has 3 fully saturated rings. The molecule has 0 unspecified atom stereocenters. The maximum Gasteiger partial charge on any atom is 0.254 e. The van der Waals surface area contributed by atoms with Gasteiger partial charge in [0.2, 0.25) is 17.7 Å². The van der Waals surface area contributed by atoms with E-state index in [0.29, 0.717) is 38.2 Å². The Morgan fingerprint density at radius 2 is 1.79 bits per heavy atom. The number of benzene rings is 2. The van der Waals surface area contributed by atoms with E-state index in [4.69, 9.17) is 9.72 Å². The Hall–Kier alpha value is -4.29. The number of aryl methyl sites for hydroxylation is 1. The third-order valence-electron chi connectivity index (χ3n) is 10.2. The van der Waals surface area contributed by atoms with Gasteiger partial charge in [0.05, 0.1) is 24.2 Å². The molecule has 0 aliphatic carbocycles. The van der Waals surface area contributed by atoms with Crippen LogP contribution < -0.4 is 15.4 Å². The first-order valence-corrected chi connectivity index (χ1v) is 17.7. The lowest BCUT2D eigenvalue weighted by molar-refractivity contribution is -0.146. The average Bonchev–Trinajstić information content (AvgIpc) is 3.83. The number of hydrogen-bond donors (Lipinski definition) is 2. The zero-order chi connectivity index (χ0) is 33.4. The number of likely N-dealkylation sites (tertiary alicyclic amines) is 1. The lowest BCUT2D eigenvalue weighted by atomic mass is 9.96. The predicted octanol–water partition coefficient (Wildman–Crippen LogP) is 2.88. The van der Waals surface area contributed by atoms with Crippen LogP contribution in [0.25, 0.3) is 0 Å².